The Morgan fingerprint density at radius 2 is 1.83 bits per heavy atom. The first-order valence-electron chi connectivity index (χ1n) is 7.65. The molecule has 3 rings (SSSR count). The van der Waals surface area contributed by atoms with E-state index >= 15 is 0 Å². The lowest BCUT2D eigenvalue weighted by molar-refractivity contribution is -0.137. The van der Waals surface area contributed by atoms with Crippen LogP contribution in [0.1, 0.15) is 24.8 Å². The van der Waals surface area contributed by atoms with Crippen molar-refractivity contribution in [2.24, 2.45) is 0 Å². The minimum absolute atomic E-state index is 0.162. The molecule has 0 unspecified atom stereocenters. The van der Waals surface area contributed by atoms with Gasteiger partial charge in [0, 0.05) is 19.3 Å². The molecule has 1 N–H and O–H groups in total. The Kier molecular flexibility index (Phi) is 4.80. The summed E-state index contributed by atoms with van der Waals surface area (Å²) in [6.45, 7) is 1.77. The molecule has 1 aliphatic rings. The number of benzene rings is 1. The first-order chi connectivity index (χ1) is 11.4. The van der Waals surface area contributed by atoms with Crippen molar-refractivity contribution in [2.75, 3.05) is 23.3 Å². The fraction of sp³-hybridized carbons (Fsp3) is 0.375. The number of halogens is 4. The summed E-state index contributed by atoms with van der Waals surface area (Å²) in [5.41, 5.74) is -0.602. The van der Waals surface area contributed by atoms with E-state index in [0.717, 1.165) is 38.1 Å². The molecule has 1 aromatic carbocycles. The maximum absolute atomic E-state index is 12.8. The number of nitrogens with one attached hydrogen (secondary N) is 1. The van der Waals surface area contributed by atoms with Crippen LogP contribution in [0, 0.1) is 0 Å². The van der Waals surface area contributed by atoms with Crippen molar-refractivity contribution in [2.45, 2.75) is 25.4 Å². The summed E-state index contributed by atoms with van der Waals surface area (Å²) in [4.78, 5) is 10.7. The second kappa shape index (κ2) is 6.84. The number of hydrogen-bond donors (Lipinski definition) is 1. The third-order valence-corrected chi connectivity index (χ3v) is 4.17. The van der Waals surface area contributed by atoms with Crippen molar-refractivity contribution in [3.05, 3.63) is 41.0 Å². The average Bonchev–Trinajstić information content (AvgIpc) is 2.57. The fourth-order valence-electron chi connectivity index (χ4n) is 2.60. The van der Waals surface area contributed by atoms with Crippen LogP contribution in [-0.4, -0.2) is 23.1 Å². The molecule has 0 bridgehead atoms. The van der Waals surface area contributed by atoms with Crippen molar-refractivity contribution < 1.29 is 13.2 Å². The van der Waals surface area contributed by atoms with Crippen LogP contribution in [0.4, 0.5) is 30.6 Å². The summed E-state index contributed by atoms with van der Waals surface area (Å²) in [7, 11) is 0. The quantitative estimate of drug-likeness (QED) is 0.850. The maximum atomic E-state index is 12.8. The molecule has 1 aliphatic heterocycles. The SMILES string of the molecule is FC(F)(F)c1ccc(Cl)c(Nc2ccnc(N3CCCCC3)n2)c1. The summed E-state index contributed by atoms with van der Waals surface area (Å²) < 4.78 is 38.5. The van der Waals surface area contributed by atoms with Gasteiger partial charge in [0.2, 0.25) is 5.95 Å². The van der Waals surface area contributed by atoms with E-state index in [9.17, 15) is 13.2 Å². The van der Waals surface area contributed by atoms with Gasteiger partial charge in [0.1, 0.15) is 5.82 Å². The van der Waals surface area contributed by atoms with Crippen LogP contribution in [0.5, 0.6) is 0 Å². The van der Waals surface area contributed by atoms with Crippen molar-refractivity contribution in [3.63, 3.8) is 0 Å². The van der Waals surface area contributed by atoms with Gasteiger partial charge in [-0.1, -0.05) is 11.6 Å². The maximum Gasteiger partial charge on any atom is 0.416 e. The van der Waals surface area contributed by atoms with Crippen LogP contribution in [0.2, 0.25) is 5.02 Å². The third-order valence-electron chi connectivity index (χ3n) is 3.84. The van der Waals surface area contributed by atoms with Crippen LogP contribution < -0.4 is 10.2 Å². The molecule has 2 aromatic rings. The smallest absolute Gasteiger partial charge is 0.341 e. The van der Waals surface area contributed by atoms with Gasteiger partial charge in [-0.25, -0.2) is 4.98 Å². The zero-order valence-electron chi connectivity index (χ0n) is 12.8. The topological polar surface area (TPSA) is 41.1 Å². The Balaban J connectivity index is 1.83. The lowest BCUT2D eigenvalue weighted by atomic mass is 10.1. The Labute approximate surface area is 142 Å². The Morgan fingerprint density at radius 3 is 2.54 bits per heavy atom. The molecule has 4 nitrogen and oxygen atoms in total. The van der Waals surface area contributed by atoms with Crippen LogP contribution in [0.15, 0.2) is 30.5 Å². The number of hydrogen-bond acceptors (Lipinski definition) is 4. The predicted molar refractivity (Wildman–Crippen MR) is 87.8 cm³/mol. The van der Waals surface area contributed by atoms with Gasteiger partial charge in [-0.3, -0.25) is 0 Å². The van der Waals surface area contributed by atoms with Crippen LogP contribution in [-0.2, 0) is 6.18 Å². The van der Waals surface area contributed by atoms with E-state index in [2.05, 4.69) is 20.2 Å². The molecule has 0 aliphatic carbocycles. The molecule has 1 fully saturated rings. The molecule has 2 heterocycles. The zero-order valence-corrected chi connectivity index (χ0v) is 13.5. The first-order valence-corrected chi connectivity index (χ1v) is 8.03. The highest BCUT2D eigenvalue weighted by Gasteiger charge is 2.31. The van der Waals surface area contributed by atoms with Gasteiger partial charge in [0.25, 0.3) is 0 Å². The first kappa shape index (κ1) is 16.8. The van der Waals surface area contributed by atoms with E-state index in [1.54, 1.807) is 12.3 Å². The minimum Gasteiger partial charge on any atom is -0.341 e. The molecule has 1 saturated heterocycles. The third kappa shape index (κ3) is 3.90. The van der Waals surface area contributed by atoms with E-state index in [-0.39, 0.29) is 10.7 Å². The molecule has 0 spiro atoms. The molecule has 0 saturated carbocycles. The number of anilines is 3. The Morgan fingerprint density at radius 1 is 1.08 bits per heavy atom. The van der Waals surface area contributed by atoms with Crippen LogP contribution >= 0.6 is 11.6 Å². The summed E-state index contributed by atoms with van der Waals surface area (Å²) in [5.74, 6) is 0.981. The van der Waals surface area contributed by atoms with Crippen molar-refractivity contribution in [1.82, 2.24) is 9.97 Å². The summed E-state index contributed by atoms with van der Waals surface area (Å²) in [6.07, 6.45) is 0.516. The van der Waals surface area contributed by atoms with E-state index < -0.39 is 11.7 Å². The average molecular weight is 357 g/mol. The van der Waals surface area contributed by atoms with E-state index in [1.165, 1.54) is 12.5 Å². The fourth-order valence-corrected chi connectivity index (χ4v) is 2.76. The number of alkyl halides is 3. The lowest BCUT2D eigenvalue weighted by Gasteiger charge is -2.26. The van der Waals surface area contributed by atoms with Gasteiger partial charge >= 0.3 is 6.18 Å². The van der Waals surface area contributed by atoms with Gasteiger partial charge in [-0.15, -0.1) is 0 Å². The highest BCUT2D eigenvalue weighted by Crippen LogP contribution is 2.34. The van der Waals surface area contributed by atoms with Crippen LogP contribution in [0.25, 0.3) is 0 Å². The van der Waals surface area contributed by atoms with Gasteiger partial charge in [-0.05, 0) is 43.5 Å². The molecule has 24 heavy (non-hydrogen) atoms. The second-order valence-corrected chi connectivity index (χ2v) is 6.01. The van der Waals surface area contributed by atoms with Gasteiger partial charge < -0.3 is 10.2 Å². The standard InChI is InChI=1S/C16H16ClF3N4/c17-12-5-4-11(16(18,19)20)10-13(12)22-14-6-7-21-15(23-14)24-8-2-1-3-9-24/h4-7,10H,1-3,8-9H2,(H,21,22,23). The van der Waals surface area contributed by atoms with Gasteiger partial charge in [0.05, 0.1) is 16.3 Å². The second-order valence-electron chi connectivity index (χ2n) is 5.61. The van der Waals surface area contributed by atoms with Gasteiger partial charge in [-0.2, -0.15) is 18.2 Å². The zero-order chi connectivity index (χ0) is 17.2. The number of aromatic nitrogens is 2. The molecular weight excluding hydrogens is 341 g/mol. The van der Waals surface area contributed by atoms with Crippen molar-refractivity contribution in [3.8, 4) is 0 Å². The number of piperidine rings is 1. The van der Waals surface area contributed by atoms with Crippen molar-refractivity contribution >= 4 is 29.1 Å². The highest BCUT2D eigenvalue weighted by atomic mass is 35.5. The molecule has 1 aromatic heterocycles. The molecule has 0 radical (unpaired) electrons. The summed E-state index contributed by atoms with van der Waals surface area (Å²) >= 11 is 6.00. The lowest BCUT2D eigenvalue weighted by Crippen LogP contribution is -2.31. The largest absolute Gasteiger partial charge is 0.416 e. The monoisotopic (exact) mass is 356 g/mol. The molecule has 8 heteroatoms. The van der Waals surface area contributed by atoms with Gasteiger partial charge in [0.15, 0.2) is 0 Å². The van der Waals surface area contributed by atoms with E-state index in [4.69, 9.17) is 11.6 Å². The van der Waals surface area contributed by atoms with Crippen molar-refractivity contribution in [1.29, 1.82) is 0 Å². The summed E-state index contributed by atoms with van der Waals surface area (Å²) in [6, 6.07) is 4.75. The number of nitrogens with zero attached hydrogens (tertiary/aromatic N) is 3. The molecule has 0 amide bonds. The number of rotatable bonds is 3. The molecular formula is C16H16ClF3N4. The van der Waals surface area contributed by atoms with E-state index in [1.807, 2.05) is 0 Å². The summed E-state index contributed by atoms with van der Waals surface area (Å²) in [5, 5.41) is 3.05. The Bertz CT molecular complexity index is 715. The Hall–Kier alpha value is -2.02. The molecule has 0 atom stereocenters. The highest BCUT2D eigenvalue weighted by molar-refractivity contribution is 6.33. The normalized spacial score (nSPS) is 15.4. The predicted octanol–water partition coefficient (Wildman–Crippen LogP) is 4.88. The van der Waals surface area contributed by atoms with E-state index in [0.29, 0.717) is 11.8 Å². The van der Waals surface area contributed by atoms with Crippen LogP contribution in [0.3, 0.4) is 0 Å². The molecule has 128 valence electrons. The minimum atomic E-state index is -4.42.